The molecule has 118 valence electrons. The Hall–Kier alpha value is -0.810. The fourth-order valence-electron chi connectivity index (χ4n) is 2.34. The van der Waals surface area contributed by atoms with Crippen LogP contribution in [0.2, 0.25) is 0 Å². The molecule has 0 saturated heterocycles. The molecule has 1 aliphatic carbocycles. The second-order valence-corrected chi connectivity index (χ2v) is 6.59. The van der Waals surface area contributed by atoms with Gasteiger partial charge in [-0.3, -0.25) is 9.59 Å². The summed E-state index contributed by atoms with van der Waals surface area (Å²) in [5.74, 6) is -0.249. The smallest absolute Gasteiger partial charge is 0.242 e. The Morgan fingerprint density at radius 3 is 2.35 bits per heavy atom. The number of hydrogen-bond donors (Lipinski definition) is 3. The maximum absolute atomic E-state index is 12.1. The van der Waals surface area contributed by atoms with Crippen LogP contribution in [0.3, 0.4) is 0 Å². The van der Waals surface area contributed by atoms with Gasteiger partial charge >= 0.3 is 0 Å². The molecule has 0 bridgehead atoms. The molecule has 0 spiro atoms. The minimum Gasteiger partial charge on any atom is -0.350 e. The molecule has 1 rings (SSSR count). The molecule has 2 amide bonds. The first-order chi connectivity index (χ1) is 8.69. The van der Waals surface area contributed by atoms with Crippen LogP contribution in [0.1, 0.15) is 53.4 Å². The molecule has 1 aliphatic rings. The van der Waals surface area contributed by atoms with Crippen molar-refractivity contribution in [1.29, 1.82) is 0 Å². The third kappa shape index (κ3) is 6.57. The molecule has 0 radical (unpaired) electrons. The quantitative estimate of drug-likeness (QED) is 0.736. The van der Waals surface area contributed by atoms with E-state index in [1.54, 1.807) is 6.92 Å². The zero-order chi connectivity index (χ0) is 14.6. The Bertz CT molecular complexity index is 342. The molecule has 0 heterocycles. The van der Waals surface area contributed by atoms with E-state index >= 15 is 0 Å². The average Bonchev–Trinajstić information content (AvgIpc) is 2.26. The fourth-order valence-corrected chi connectivity index (χ4v) is 2.34. The Morgan fingerprint density at radius 2 is 1.85 bits per heavy atom. The Morgan fingerprint density at radius 1 is 1.25 bits per heavy atom. The molecular formula is C14H28ClN3O2. The van der Waals surface area contributed by atoms with Crippen molar-refractivity contribution in [1.82, 2.24) is 10.6 Å². The second-order valence-electron chi connectivity index (χ2n) is 6.59. The SMILES string of the molecule is CC(NC(=O)C1CCCC(N)C1)C(=O)NC(C)(C)C.Cl. The van der Waals surface area contributed by atoms with Crippen molar-refractivity contribution in [2.75, 3.05) is 0 Å². The van der Waals surface area contributed by atoms with E-state index in [1.807, 2.05) is 20.8 Å². The van der Waals surface area contributed by atoms with Gasteiger partial charge in [-0.25, -0.2) is 0 Å². The van der Waals surface area contributed by atoms with Crippen molar-refractivity contribution in [3.05, 3.63) is 0 Å². The van der Waals surface area contributed by atoms with E-state index in [-0.39, 0.29) is 41.7 Å². The van der Waals surface area contributed by atoms with Crippen molar-refractivity contribution in [2.24, 2.45) is 11.7 Å². The minimum absolute atomic E-state index is 0. The maximum atomic E-state index is 12.1. The lowest BCUT2D eigenvalue weighted by Crippen LogP contribution is -2.52. The number of carbonyl (C=O) groups is 2. The van der Waals surface area contributed by atoms with Gasteiger partial charge in [0.1, 0.15) is 6.04 Å². The summed E-state index contributed by atoms with van der Waals surface area (Å²) in [6.45, 7) is 7.46. The van der Waals surface area contributed by atoms with Crippen molar-refractivity contribution in [3.8, 4) is 0 Å². The van der Waals surface area contributed by atoms with Gasteiger partial charge in [0.25, 0.3) is 0 Å². The van der Waals surface area contributed by atoms with Gasteiger partial charge in [-0.2, -0.15) is 0 Å². The monoisotopic (exact) mass is 305 g/mol. The molecule has 6 heteroatoms. The second kappa shape index (κ2) is 7.84. The van der Waals surface area contributed by atoms with E-state index in [2.05, 4.69) is 10.6 Å². The van der Waals surface area contributed by atoms with Gasteiger partial charge in [0.05, 0.1) is 0 Å². The predicted molar refractivity (Wildman–Crippen MR) is 82.7 cm³/mol. The third-order valence-electron chi connectivity index (χ3n) is 3.34. The standard InChI is InChI=1S/C14H27N3O2.ClH/c1-9(12(18)17-14(2,3)4)16-13(19)10-6-5-7-11(15)8-10;/h9-11H,5-8,15H2,1-4H3,(H,16,19)(H,17,18);1H. The summed E-state index contributed by atoms with van der Waals surface area (Å²) < 4.78 is 0. The van der Waals surface area contributed by atoms with Gasteiger partial charge in [-0.05, 0) is 47.0 Å². The molecule has 1 fully saturated rings. The number of nitrogens with one attached hydrogen (secondary N) is 2. The molecule has 3 unspecified atom stereocenters. The highest BCUT2D eigenvalue weighted by Gasteiger charge is 2.28. The molecule has 1 saturated carbocycles. The van der Waals surface area contributed by atoms with Crippen molar-refractivity contribution < 1.29 is 9.59 Å². The molecule has 0 aromatic heterocycles. The largest absolute Gasteiger partial charge is 0.350 e. The molecule has 4 N–H and O–H groups in total. The molecule has 0 aromatic rings. The maximum Gasteiger partial charge on any atom is 0.242 e. The van der Waals surface area contributed by atoms with Gasteiger partial charge in [-0.1, -0.05) is 6.42 Å². The summed E-state index contributed by atoms with van der Waals surface area (Å²) in [4.78, 5) is 24.0. The van der Waals surface area contributed by atoms with E-state index < -0.39 is 6.04 Å². The summed E-state index contributed by atoms with van der Waals surface area (Å²) in [7, 11) is 0. The van der Waals surface area contributed by atoms with E-state index in [0.717, 1.165) is 25.7 Å². The molecule has 0 aliphatic heterocycles. The summed E-state index contributed by atoms with van der Waals surface area (Å²) >= 11 is 0. The first-order valence-electron chi connectivity index (χ1n) is 7.07. The van der Waals surface area contributed by atoms with Gasteiger partial charge < -0.3 is 16.4 Å². The van der Waals surface area contributed by atoms with E-state index in [0.29, 0.717) is 0 Å². The van der Waals surface area contributed by atoms with Crippen molar-refractivity contribution >= 4 is 24.2 Å². The van der Waals surface area contributed by atoms with E-state index in [4.69, 9.17) is 5.73 Å². The van der Waals surface area contributed by atoms with Crippen LogP contribution in [0.5, 0.6) is 0 Å². The molecular weight excluding hydrogens is 278 g/mol. The van der Waals surface area contributed by atoms with E-state index in [9.17, 15) is 9.59 Å². The van der Waals surface area contributed by atoms with Crippen molar-refractivity contribution in [2.45, 2.75) is 71.0 Å². The lowest BCUT2D eigenvalue weighted by Gasteiger charge is -2.28. The zero-order valence-corrected chi connectivity index (χ0v) is 13.7. The Balaban J connectivity index is 0.00000361. The lowest BCUT2D eigenvalue weighted by atomic mass is 9.85. The summed E-state index contributed by atoms with van der Waals surface area (Å²) in [6, 6.07) is -0.395. The van der Waals surface area contributed by atoms with Gasteiger partial charge in [0.2, 0.25) is 11.8 Å². The summed E-state index contributed by atoms with van der Waals surface area (Å²) in [5.41, 5.74) is 5.59. The molecule has 3 atom stereocenters. The molecule has 20 heavy (non-hydrogen) atoms. The zero-order valence-electron chi connectivity index (χ0n) is 12.9. The van der Waals surface area contributed by atoms with Crippen LogP contribution in [-0.4, -0.2) is 29.4 Å². The van der Waals surface area contributed by atoms with Gasteiger partial charge in [0, 0.05) is 17.5 Å². The number of nitrogens with two attached hydrogens (primary N) is 1. The highest BCUT2D eigenvalue weighted by Crippen LogP contribution is 2.23. The number of halogens is 1. The van der Waals surface area contributed by atoms with E-state index in [1.165, 1.54) is 0 Å². The van der Waals surface area contributed by atoms with Crippen LogP contribution >= 0.6 is 12.4 Å². The highest BCUT2D eigenvalue weighted by atomic mass is 35.5. The summed E-state index contributed by atoms with van der Waals surface area (Å²) in [6.07, 6.45) is 3.57. The van der Waals surface area contributed by atoms with Crippen LogP contribution in [-0.2, 0) is 9.59 Å². The first-order valence-corrected chi connectivity index (χ1v) is 7.07. The van der Waals surface area contributed by atoms with Gasteiger partial charge in [0.15, 0.2) is 0 Å². The lowest BCUT2D eigenvalue weighted by molar-refractivity contribution is -0.132. The Labute approximate surface area is 127 Å². The van der Waals surface area contributed by atoms with Crippen LogP contribution in [0.4, 0.5) is 0 Å². The predicted octanol–water partition coefficient (Wildman–Crippen LogP) is 1.35. The number of rotatable bonds is 3. The average molecular weight is 306 g/mol. The molecule has 0 aromatic carbocycles. The molecule has 5 nitrogen and oxygen atoms in total. The minimum atomic E-state index is -0.509. The fraction of sp³-hybridized carbons (Fsp3) is 0.857. The van der Waals surface area contributed by atoms with Crippen LogP contribution < -0.4 is 16.4 Å². The number of hydrogen-bond acceptors (Lipinski definition) is 3. The van der Waals surface area contributed by atoms with Gasteiger partial charge in [-0.15, -0.1) is 12.4 Å². The topological polar surface area (TPSA) is 84.2 Å². The normalized spacial score (nSPS) is 24.2. The number of carbonyl (C=O) groups excluding carboxylic acids is 2. The number of amides is 2. The highest BCUT2D eigenvalue weighted by molar-refractivity contribution is 5.88. The van der Waals surface area contributed by atoms with Crippen molar-refractivity contribution in [3.63, 3.8) is 0 Å². The van der Waals surface area contributed by atoms with Crippen LogP contribution in [0.25, 0.3) is 0 Å². The van der Waals surface area contributed by atoms with Crippen LogP contribution in [0.15, 0.2) is 0 Å². The first kappa shape index (κ1) is 19.2. The third-order valence-corrected chi connectivity index (χ3v) is 3.34. The van der Waals surface area contributed by atoms with Crippen LogP contribution in [0, 0.1) is 5.92 Å². The Kier molecular flexibility index (Phi) is 7.52. The summed E-state index contributed by atoms with van der Waals surface area (Å²) in [5, 5.41) is 5.64.